The van der Waals surface area contributed by atoms with E-state index in [1.165, 1.54) is 35.9 Å². The zero-order chi connectivity index (χ0) is 21.0. The number of halogens is 2. The van der Waals surface area contributed by atoms with Crippen molar-refractivity contribution in [2.24, 2.45) is 0 Å². The Morgan fingerprint density at radius 2 is 1.90 bits per heavy atom. The van der Waals surface area contributed by atoms with E-state index in [0.717, 1.165) is 4.90 Å². The Morgan fingerprint density at radius 3 is 2.48 bits per heavy atom. The van der Waals surface area contributed by atoms with E-state index in [1.807, 2.05) is 32.0 Å². The molecule has 0 atom stereocenters. The second-order valence-corrected chi connectivity index (χ2v) is 7.85. The van der Waals surface area contributed by atoms with Gasteiger partial charge in [-0.1, -0.05) is 35.5 Å². The average molecular weight is 432 g/mol. The first kappa shape index (κ1) is 21.1. The molecule has 0 bridgehead atoms. The molecular formula is C21H19ClFN3O2S. The molecular weight excluding hydrogens is 413 g/mol. The number of carbonyl (C=O) groups excluding carboxylic acids is 1. The first-order valence-corrected chi connectivity index (χ1v) is 10.0. The molecule has 2 aromatic carbocycles. The Kier molecular flexibility index (Phi) is 6.71. The molecule has 1 aromatic heterocycles. The smallest absolute Gasteiger partial charge is 0.279 e. The maximum atomic E-state index is 14.1. The highest BCUT2D eigenvalue weighted by Crippen LogP contribution is 2.32. The quantitative estimate of drug-likeness (QED) is 0.517. The van der Waals surface area contributed by atoms with E-state index in [1.54, 1.807) is 24.3 Å². The Hall–Kier alpha value is -2.64. The standard InChI is InChI=1S/C21H19ClFN3O2S/c1-13(2)26(14-8-10-18(28-3)16(23)12-14)21(27)17-9-11-20(25-24-17)29-19-7-5-4-6-15(19)22/h4-13H,1-3H3. The summed E-state index contributed by atoms with van der Waals surface area (Å²) in [5, 5.41) is 9.42. The molecule has 5 nitrogen and oxygen atoms in total. The highest BCUT2D eigenvalue weighted by molar-refractivity contribution is 7.99. The molecule has 1 heterocycles. The number of carbonyl (C=O) groups is 1. The van der Waals surface area contributed by atoms with Crippen molar-refractivity contribution in [3.8, 4) is 5.75 Å². The molecule has 0 spiro atoms. The lowest BCUT2D eigenvalue weighted by atomic mass is 10.2. The summed E-state index contributed by atoms with van der Waals surface area (Å²) in [6.45, 7) is 3.68. The van der Waals surface area contributed by atoms with Gasteiger partial charge in [-0.15, -0.1) is 10.2 Å². The Morgan fingerprint density at radius 1 is 1.14 bits per heavy atom. The predicted octanol–water partition coefficient (Wildman–Crippen LogP) is 5.48. The SMILES string of the molecule is COc1ccc(N(C(=O)c2ccc(Sc3ccccc3Cl)nn2)C(C)C)cc1F. The van der Waals surface area contributed by atoms with Crippen molar-refractivity contribution in [3.05, 3.63) is 71.1 Å². The van der Waals surface area contributed by atoms with Gasteiger partial charge in [-0.05, 0) is 50.2 Å². The van der Waals surface area contributed by atoms with Crippen LogP contribution in [0.4, 0.5) is 10.1 Å². The third kappa shape index (κ3) is 4.86. The second-order valence-electron chi connectivity index (χ2n) is 6.38. The lowest BCUT2D eigenvalue weighted by Crippen LogP contribution is -2.37. The predicted molar refractivity (Wildman–Crippen MR) is 113 cm³/mol. The lowest BCUT2D eigenvalue weighted by molar-refractivity contribution is 0.0974. The van der Waals surface area contributed by atoms with Crippen molar-refractivity contribution in [3.63, 3.8) is 0 Å². The number of hydrogen-bond acceptors (Lipinski definition) is 5. The minimum Gasteiger partial charge on any atom is -0.494 e. The van der Waals surface area contributed by atoms with Crippen molar-refractivity contribution in [1.29, 1.82) is 0 Å². The van der Waals surface area contributed by atoms with Crippen LogP contribution >= 0.6 is 23.4 Å². The van der Waals surface area contributed by atoms with Gasteiger partial charge in [0.15, 0.2) is 17.3 Å². The van der Waals surface area contributed by atoms with Gasteiger partial charge in [0.05, 0.1) is 12.1 Å². The molecule has 0 fully saturated rings. The van der Waals surface area contributed by atoms with Gasteiger partial charge in [-0.2, -0.15) is 0 Å². The number of ether oxygens (including phenoxy) is 1. The summed E-state index contributed by atoms with van der Waals surface area (Å²) in [6, 6.07) is 14.9. The number of amides is 1. The molecule has 0 aliphatic heterocycles. The molecule has 0 saturated carbocycles. The van der Waals surface area contributed by atoms with Gasteiger partial charge in [0, 0.05) is 22.7 Å². The van der Waals surface area contributed by atoms with Gasteiger partial charge in [-0.25, -0.2) is 4.39 Å². The third-order valence-corrected chi connectivity index (χ3v) is 5.50. The van der Waals surface area contributed by atoms with Gasteiger partial charge >= 0.3 is 0 Å². The monoisotopic (exact) mass is 431 g/mol. The van der Waals surface area contributed by atoms with Crippen LogP contribution in [-0.4, -0.2) is 29.3 Å². The number of rotatable bonds is 6. The maximum absolute atomic E-state index is 14.1. The minimum atomic E-state index is -0.541. The Balaban J connectivity index is 1.83. The maximum Gasteiger partial charge on any atom is 0.279 e. The van der Waals surface area contributed by atoms with Crippen molar-refractivity contribution in [2.75, 3.05) is 12.0 Å². The third-order valence-electron chi connectivity index (χ3n) is 4.06. The molecule has 0 aliphatic rings. The van der Waals surface area contributed by atoms with Crippen molar-refractivity contribution in [2.45, 2.75) is 29.8 Å². The Labute approximate surface area is 177 Å². The number of aromatic nitrogens is 2. The fourth-order valence-electron chi connectivity index (χ4n) is 2.71. The number of benzene rings is 2. The molecule has 0 N–H and O–H groups in total. The van der Waals surface area contributed by atoms with Gasteiger partial charge in [0.2, 0.25) is 0 Å². The molecule has 1 amide bonds. The second kappa shape index (κ2) is 9.24. The minimum absolute atomic E-state index is 0.116. The largest absolute Gasteiger partial charge is 0.494 e. The molecule has 8 heteroatoms. The van der Waals surface area contributed by atoms with E-state index in [9.17, 15) is 9.18 Å². The molecule has 0 saturated heterocycles. The van der Waals surface area contributed by atoms with E-state index < -0.39 is 5.82 Å². The van der Waals surface area contributed by atoms with Gasteiger partial charge < -0.3 is 9.64 Å². The highest BCUT2D eigenvalue weighted by atomic mass is 35.5. The van der Waals surface area contributed by atoms with Crippen molar-refractivity contribution < 1.29 is 13.9 Å². The fraction of sp³-hybridized carbons (Fsp3) is 0.190. The van der Waals surface area contributed by atoms with E-state index in [2.05, 4.69) is 10.2 Å². The van der Waals surface area contributed by atoms with Crippen LogP contribution in [0.2, 0.25) is 5.02 Å². The summed E-state index contributed by atoms with van der Waals surface area (Å²) in [6.07, 6.45) is 0. The van der Waals surface area contributed by atoms with E-state index in [-0.39, 0.29) is 23.4 Å². The first-order chi connectivity index (χ1) is 13.9. The molecule has 0 aliphatic carbocycles. The fourth-order valence-corrected chi connectivity index (χ4v) is 3.71. The zero-order valence-corrected chi connectivity index (χ0v) is 17.7. The summed E-state index contributed by atoms with van der Waals surface area (Å²) in [4.78, 5) is 15.3. The van der Waals surface area contributed by atoms with E-state index in [4.69, 9.17) is 16.3 Å². The molecule has 150 valence electrons. The zero-order valence-electron chi connectivity index (χ0n) is 16.1. The van der Waals surface area contributed by atoms with Crippen LogP contribution in [0, 0.1) is 5.82 Å². The average Bonchev–Trinajstić information content (AvgIpc) is 2.70. The number of anilines is 1. The number of methoxy groups -OCH3 is 1. The highest BCUT2D eigenvalue weighted by Gasteiger charge is 2.23. The van der Waals surface area contributed by atoms with Gasteiger partial charge in [0.25, 0.3) is 5.91 Å². The first-order valence-electron chi connectivity index (χ1n) is 8.84. The van der Waals surface area contributed by atoms with Crippen LogP contribution in [0.1, 0.15) is 24.3 Å². The van der Waals surface area contributed by atoms with Crippen molar-refractivity contribution >= 4 is 35.0 Å². The van der Waals surface area contributed by atoms with Crippen LogP contribution < -0.4 is 9.64 Å². The lowest BCUT2D eigenvalue weighted by Gasteiger charge is -2.26. The molecule has 0 radical (unpaired) electrons. The normalized spacial score (nSPS) is 10.8. The topological polar surface area (TPSA) is 55.3 Å². The number of nitrogens with zero attached hydrogens (tertiary/aromatic N) is 3. The molecule has 0 unspecified atom stereocenters. The van der Waals surface area contributed by atoms with Crippen molar-refractivity contribution in [1.82, 2.24) is 10.2 Å². The van der Waals surface area contributed by atoms with E-state index >= 15 is 0 Å². The van der Waals surface area contributed by atoms with Gasteiger partial charge in [0.1, 0.15) is 5.03 Å². The number of hydrogen-bond donors (Lipinski definition) is 0. The summed E-state index contributed by atoms with van der Waals surface area (Å²) >= 11 is 7.52. The molecule has 29 heavy (non-hydrogen) atoms. The molecule has 3 aromatic rings. The molecule has 3 rings (SSSR count). The van der Waals surface area contributed by atoms with Crippen LogP contribution in [-0.2, 0) is 0 Å². The Bertz CT molecular complexity index is 1020. The van der Waals surface area contributed by atoms with Gasteiger partial charge in [-0.3, -0.25) is 4.79 Å². The summed E-state index contributed by atoms with van der Waals surface area (Å²) in [7, 11) is 1.39. The van der Waals surface area contributed by atoms with Crippen LogP contribution in [0.5, 0.6) is 5.75 Å². The summed E-state index contributed by atoms with van der Waals surface area (Å²) < 4.78 is 19.1. The van der Waals surface area contributed by atoms with Crippen LogP contribution in [0.15, 0.2) is 64.5 Å². The van der Waals surface area contributed by atoms with Crippen LogP contribution in [0.3, 0.4) is 0 Å². The summed E-state index contributed by atoms with van der Waals surface area (Å²) in [5.74, 6) is -0.793. The van der Waals surface area contributed by atoms with E-state index in [0.29, 0.717) is 15.7 Å². The van der Waals surface area contributed by atoms with Crippen LogP contribution in [0.25, 0.3) is 0 Å². The summed E-state index contributed by atoms with van der Waals surface area (Å²) in [5.41, 5.74) is 0.582.